The number of benzene rings is 1. The molecule has 3 aliphatic rings. The Kier molecular flexibility index (Phi) is 5.18. The first kappa shape index (κ1) is 17.8. The van der Waals surface area contributed by atoms with Crippen LogP contribution in [0.5, 0.6) is 5.75 Å². The van der Waals surface area contributed by atoms with Crippen molar-refractivity contribution in [3.8, 4) is 5.75 Å². The second-order valence-electron chi connectivity index (χ2n) is 8.33. The Bertz CT molecular complexity index is 653. The van der Waals surface area contributed by atoms with Crippen LogP contribution in [0.4, 0.5) is 0 Å². The molecule has 26 heavy (non-hydrogen) atoms. The highest BCUT2D eigenvalue weighted by atomic mass is 16.5. The summed E-state index contributed by atoms with van der Waals surface area (Å²) in [6.45, 7) is 1.17. The van der Waals surface area contributed by atoms with Crippen LogP contribution < -0.4 is 10.1 Å². The number of nitrogens with one attached hydrogen (secondary N) is 1. The van der Waals surface area contributed by atoms with Gasteiger partial charge >= 0.3 is 5.97 Å². The van der Waals surface area contributed by atoms with Crippen molar-refractivity contribution in [1.29, 1.82) is 0 Å². The van der Waals surface area contributed by atoms with Crippen LogP contribution in [0.1, 0.15) is 43.2 Å². The molecule has 0 aromatic heterocycles. The van der Waals surface area contributed by atoms with Gasteiger partial charge in [-0.3, -0.25) is 9.69 Å². The fraction of sp³-hybridized carbons (Fsp3) is 0.667. The quantitative estimate of drug-likeness (QED) is 0.748. The molecule has 2 fully saturated rings. The van der Waals surface area contributed by atoms with Gasteiger partial charge in [0.15, 0.2) is 0 Å². The fourth-order valence-corrected chi connectivity index (χ4v) is 4.51. The smallest absolute Gasteiger partial charge is 0.317 e. The van der Waals surface area contributed by atoms with Crippen molar-refractivity contribution in [2.75, 3.05) is 20.2 Å². The number of aliphatic carboxylic acids is 1. The molecular formula is C21H30N2O3. The zero-order valence-electron chi connectivity index (χ0n) is 15.6. The van der Waals surface area contributed by atoms with E-state index in [4.69, 9.17) is 4.74 Å². The third kappa shape index (κ3) is 4.21. The molecule has 5 nitrogen and oxygen atoms in total. The minimum atomic E-state index is -0.695. The molecule has 1 aromatic rings. The van der Waals surface area contributed by atoms with E-state index in [0.29, 0.717) is 18.1 Å². The van der Waals surface area contributed by atoms with Gasteiger partial charge in [0.25, 0.3) is 0 Å². The van der Waals surface area contributed by atoms with Crippen LogP contribution in [0.25, 0.3) is 0 Å². The predicted octanol–water partition coefficient (Wildman–Crippen LogP) is 2.47. The molecule has 0 heterocycles. The van der Waals surface area contributed by atoms with E-state index in [0.717, 1.165) is 43.9 Å². The Morgan fingerprint density at radius 1 is 1.23 bits per heavy atom. The lowest BCUT2D eigenvalue weighted by molar-refractivity contribution is -0.139. The summed E-state index contributed by atoms with van der Waals surface area (Å²) >= 11 is 0. The number of methoxy groups -OCH3 is 1. The summed E-state index contributed by atoms with van der Waals surface area (Å²) in [6.07, 6.45) is 8.09. The van der Waals surface area contributed by atoms with Crippen LogP contribution in [0.15, 0.2) is 18.2 Å². The van der Waals surface area contributed by atoms with Gasteiger partial charge in [-0.15, -0.1) is 0 Å². The van der Waals surface area contributed by atoms with Gasteiger partial charge in [0, 0.05) is 24.7 Å². The van der Waals surface area contributed by atoms with Crippen LogP contribution in [0, 0.1) is 5.92 Å². The van der Waals surface area contributed by atoms with Crippen molar-refractivity contribution in [2.24, 2.45) is 5.92 Å². The molecule has 0 saturated heterocycles. The minimum Gasteiger partial charge on any atom is -0.497 e. The number of ether oxygens (including phenoxy) is 1. The molecule has 2 N–H and O–H groups in total. The first-order chi connectivity index (χ1) is 12.6. The minimum absolute atomic E-state index is 0.199. The summed E-state index contributed by atoms with van der Waals surface area (Å²) in [7, 11) is 1.72. The molecule has 3 aliphatic carbocycles. The van der Waals surface area contributed by atoms with Gasteiger partial charge in [0.05, 0.1) is 13.7 Å². The summed E-state index contributed by atoms with van der Waals surface area (Å²) < 4.78 is 5.36. The highest BCUT2D eigenvalue weighted by Gasteiger charge is 2.38. The van der Waals surface area contributed by atoms with Crippen molar-refractivity contribution < 1.29 is 14.6 Å². The Hall–Kier alpha value is -1.59. The molecular weight excluding hydrogens is 328 g/mol. The number of carboxylic acid groups (broad SMARTS) is 1. The van der Waals surface area contributed by atoms with Gasteiger partial charge in [-0.2, -0.15) is 0 Å². The topological polar surface area (TPSA) is 61.8 Å². The van der Waals surface area contributed by atoms with E-state index in [1.807, 2.05) is 0 Å². The van der Waals surface area contributed by atoms with Crippen LogP contribution in [-0.4, -0.2) is 54.3 Å². The van der Waals surface area contributed by atoms with E-state index in [9.17, 15) is 9.90 Å². The van der Waals surface area contributed by atoms with E-state index in [-0.39, 0.29) is 6.54 Å². The third-order valence-electron chi connectivity index (χ3n) is 6.27. The molecule has 0 radical (unpaired) electrons. The first-order valence-electron chi connectivity index (χ1n) is 9.98. The number of rotatable bonds is 8. The monoisotopic (exact) mass is 358 g/mol. The Morgan fingerprint density at radius 2 is 2.04 bits per heavy atom. The van der Waals surface area contributed by atoms with Crippen LogP contribution in [0.2, 0.25) is 0 Å². The molecule has 0 aliphatic heterocycles. The van der Waals surface area contributed by atoms with Crippen molar-refractivity contribution in [1.82, 2.24) is 10.2 Å². The maximum Gasteiger partial charge on any atom is 0.317 e. The second kappa shape index (κ2) is 7.57. The summed E-state index contributed by atoms with van der Waals surface area (Å²) in [5.74, 6) is 0.989. The Balaban J connectivity index is 1.27. The molecule has 142 valence electrons. The van der Waals surface area contributed by atoms with Gasteiger partial charge < -0.3 is 15.2 Å². The molecule has 4 rings (SSSR count). The van der Waals surface area contributed by atoms with Crippen molar-refractivity contribution >= 4 is 5.97 Å². The van der Waals surface area contributed by atoms with Gasteiger partial charge in [-0.1, -0.05) is 6.07 Å². The van der Waals surface area contributed by atoms with Crippen LogP contribution >= 0.6 is 0 Å². The van der Waals surface area contributed by atoms with Gasteiger partial charge in [-0.05, 0) is 74.1 Å². The summed E-state index contributed by atoms with van der Waals surface area (Å²) in [4.78, 5) is 13.4. The van der Waals surface area contributed by atoms with E-state index in [2.05, 4.69) is 28.4 Å². The standard InChI is InChI=1S/C21H30N2O3/c1-26-20-7-5-15-4-6-17(8-16(15)9-20)22-18-10-19(11-18)23(13-21(24)25)12-14-2-3-14/h5,7,9,14,17-19,22H,2-4,6,8,10-13H2,1H3,(H,24,25). The number of fused-ring (bicyclic) bond motifs is 1. The number of carboxylic acids is 1. The summed E-state index contributed by atoms with van der Waals surface area (Å²) in [5, 5.41) is 13.0. The maximum atomic E-state index is 11.2. The normalized spacial score (nSPS) is 27.7. The Morgan fingerprint density at radius 3 is 2.73 bits per heavy atom. The van der Waals surface area contributed by atoms with Gasteiger partial charge in [-0.25, -0.2) is 0 Å². The second-order valence-corrected chi connectivity index (χ2v) is 8.33. The molecule has 2 saturated carbocycles. The average molecular weight is 358 g/mol. The van der Waals surface area contributed by atoms with E-state index < -0.39 is 5.97 Å². The van der Waals surface area contributed by atoms with E-state index >= 15 is 0 Å². The van der Waals surface area contributed by atoms with E-state index in [1.165, 1.54) is 30.4 Å². The number of hydrogen-bond donors (Lipinski definition) is 2. The van der Waals surface area contributed by atoms with Crippen LogP contribution in [0.3, 0.4) is 0 Å². The third-order valence-corrected chi connectivity index (χ3v) is 6.27. The Labute approximate surface area is 155 Å². The maximum absolute atomic E-state index is 11.2. The zero-order valence-corrected chi connectivity index (χ0v) is 15.6. The molecule has 1 unspecified atom stereocenters. The number of nitrogens with zero attached hydrogens (tertiary/aromatic N) is 1. The van der Waals surface area contributed by atoms with Gasteiger partial charge in [0.1, 0.15) is 5.75 Å². The largest absolute Gasteiger partial charge is 0.497 e. The average Bonchev–Trinajstić information content (AvgIpc) is 3.40. The van der Waals surface area contributed by atoms with Crippen LogP contribution in [-0.2, 0) is 17.6 Å². The lowest BCUT2D eigenvalue weighted by Crippen LogP contribution is -2.56. The molecule has 0 bridgehead atoms. The summed E-state index contributed by atoms with van der Waals surface area (Å²) in [6, 6.07) is 7.94. The number of carbonyl (C=O) groups is 1. The predicted molar refractivity (Wildman–Crippen MR) is 101 cm³/mol. The van der Waals surface area contributed by atoms with E-state index in [1.54, 1.807) is 7.11 Å². The lowest BCUT2D eigenvalue weighted by Gasteiger charge is -2.44. The molecule has 0 amide bonds. The van der Waals surface area contributed by atoms with Crippen molar-refractivity contribution in [2.45, 2.75) is 63.1 Å². The highest BCUT2D eigenvalue weighted by molar-refractivity contribution is 5.69. The molecule has 1 aromatic carbocycles. The SMILES string of the molecule is COc1ccc2c(c1)CC(NC1CC(N(CC(=O)O)CC3CC3)C1)CC2. The van der Waals surface area contributed by atoms with Gasteiger partial charge in [0.2, 0.25) is 0 Å². The molecule has 0 spiro atoms. The molecule has 5 heteroatoms. The summed E-state index contributed by atoms with van der Waals surface area (Å²) in [5.41, 5.74) is 2.86. The number of aryl methyl sites for hydroxylation is 1. The lowest BCUT2D eigenvalue weighted by atomic mass is 9.82. The number of hydrogen-bond acceptors (Lipinski definition) is 4. The highest BCUT2D eigenvalue weighted by Crippen LogP contribution is 2.34. The zero-order chi connectivity index (χ0) is 18.1. The van der Waals surface area contributed by atoms with Crippen molar-refractivity contribution in [3.05, 3.63) is 29.3 Å². The van der Waals surface area contributed by atoms with Crippen molar-refractivity contribution in [3.63, 3.8) is 0 Å². The first-order valence-corrected chi connectivity index (χ1v) is 9.98. The fourth-order valence-electron chi connectivity index (χ4n) is 4.51. The molecule has 1 atom stereocenters.